The summed E-state index contributed by atoms with van der Waals surface area (Å²) in [7, 11) is 1.68. The molecule has 3 nitrogen and oxygen atoms in total. The molecule has 1 aliphatic carbocycles. The van der Waals surface area contributed by atoms with Gasteiger partial charge in [-0.2, -0.15) is 0 Å². The third kappa shape index (κ3) is 4.33. The highest BCUT2D eigenvalue weighted by Gasteiger charge is 2.24. The first-order valence-corrected chi connectivity index (χ1v) is 8.40. The fourth-order valence-electron chi connectivity index (χ4n) is 3.16. The summed E-state index contributed by atoms with van der Waals surface area (Å²) in [6.07, 6.45) is 8.41. The minimum Gasteiger partial charge on any atom is -0.378 e. The van der Waals surface area contributed by atoms with Gasteiger partial charge in [0.15, 0.2) is 0 Å². The highest BCUT2D eigenvalue weighted by molar-refractivity contribution is 6.33. The lowest BCUT2D eigenvalue weighted by atomic mass is 9.93. The second-order valence-corrected chi connectivity index (χ2v) is 6.74. The van der Waals surface area contributed by atoms with Crippen LogP contribution in [0.4, 0.5) is 5.69 Å². The maximum Gasteiger partial charge on any atom is 0.0900 e. The normalized spacial score (nSPS) is 16.4. The third-order valence-electron chi connectivity index (χ3n) is 4.11. The highest BCUT2D eigenvalue weighted by atomic mass is 35.5. The molecule has 0 aromatic carbocycles. The van der Waals surface area contributed by atoms with Crippen molar-refractivity contribution in [2.24, 2.45) is 5.92 Å². The van der Waals surface area contributed by atoms with Gasteiger partial charge in [0.2, 0.25) is 0 Å². The predicted molar refractivity (Wildman–Crippen MR) is 89.0 cm³/mol. The molecule has 0 radical (unpaired) electrons. The zero-order valence-corrected chi connectivity index (χ0v) is 14.2. The number of hydrogen-bond donors (Lipinski definition) is 0. The summed E-state index contributed by atoms with van der Waals surface area (Å²) in [6.45, 7) is 6.04. The Balaban J connectivity index is 2.29. The van der Waals surface area contributed by atoms with E-state index in [2.05, 4.69) is 29.8 Å². The van der Waals surface area contributed by atoms with Gasteiger partial charge in [-0.05, 0) is 24.8 Å². The lowest BCUT2D eigenvalue weighted by molar-refractivity contribution is 0.181. The zero-order valence-electron chi connectivity index (χ0n) is 13.4. The molecule has 0 aliphatic heterocycles. The number of ether oxygens (including phenoxy) is 1. The molecule has 1 aromatic rings. The van der Waals surface area contributed by atoms with Crippen LogP contribution < -0.4 is 4.90 Å². The Labute approximate surface area is 133 Å². The van der Waals surface area contributed by atoms with Crippen molar-refractivity contribution in [3.8, 4) is 0 Å². The number of pyridine rings is 1. The van der Waals surface area contributed by atoms with Crippen LogP contribution in [-0.2, 0) is 11.3 Å². The molecule has 0 atom stereocenters. The van der Waals surface area contributed by atoms with Crippen LogP contribution in [0.1, 0.15) is 51.6 Å². The van der Waals surface area contributed by atoms with Gasteiger partial charge in [-0.1, -0.05) is 44.7 Å². The first-order valence-electron chi connectivity index (χ1n) is 8.02. The van der Waals surface area contributed by atoms with Gasteiger partial charge in [-0.15, -0.1) is 0 Å². The van der Waals surface area contributed by atoms with E-state index in [0.29, 0.717) is 18.6 Å². The summed E-state index contributed by atoms with van der Waals surface area (Å²) in [5, 5.41) is 0.755. The molecular formula is C17H27ClN2O. The van der Waals surface area contributed by atoms with E-state index in [9.17, 15) is 0 Å². The van der Waals surface area contributed by atoms with Crippen molar-refractivity contribution in [3.63, 3.8) is 0 Å². The van der Waals surface area contributed by atoms with Crippen LogP contribution in [-0.4, -0.2) is 24.7 Å². The van der Waals surface area contributed by atoms with E-state index in [1.165, 1.54) is 32.1 Å². The number of rotatable bonds is 6. The molecule has 118 valence electrons. The molecule has 2 rings (SSSR count). The minimum absolute atomic E-state index is 0.465. The van der Waals surface area contributed by atoms with Gasteiger partial charge in [-0.25, -0.2) is 0 Å². The quantitative estimate of drug-likeness (QED) is 0.763. The Morgan fingerprint density at radius 2 is 2.05 bits per heavy atom. The largest absolute Gasteiger partial charge is 0.378 e. The van der Waals surface area contributed by atoms with Gasteiger partial charge in [0.05, 0.1) is 23.0 Å². The number of nitrogens with zero attached hydrogens (tertiary/aromatic N) is 2. The van der Waals surface area contributed by atoms with Crippen LogP contribution in [0, 0.1) is 5.92 Å². The number of hydrogen-bond acceptors (Lipinski definition) is 3. The molecule has 0 unspecified atom stereocenters. The Kier molecular flexibility index (Phi) is 6.31. The van der Waals surface area contributed by atoms with Gasteiger partial charge in [0.1, 0.15) is 0 Å². The molecule has 0 saturated heterocycles. The van der Waals surface area contributed by atoms with Crippen molar-refractivity contribution in [3.05, 3.63) is 23.0 Å². The summed E-state index contributed by atoms with van der Waals surface area (Å²) < 4.78 is 5.20. The number of aromatic nitrogens is 1. The smallest absolute Gasteiger partial charge is 0.0900 e. The van der Waals surface area contributed by atoms with E-state index in [1.807, 2.05) is 6.20 Å². The second kappa shape index (κ2) is 8.00. The van der Waals surface area contributed by atoms with E-state index >= 15 is 0 Å². The summed E-state index contributed by atoms with van der Waals surface area (Å²) in [5.41, 5.74) is 1.96. The van der Waals surface area contributed by atoms with Crippen molar-refractivity contribution >= 4 is 17.3 Å². The van der Waals surface area contributed by atoms with E-state index in [0.717, 1.165) is 22.9 Å². The molecule has 1 aromatic heterocycles. The van der Waals surface area contributed by atoms with Gasteiger partial charge in [0.25, 0.3) is 0 Å². The van der Waals surface area contributed by atoms with E-state index in [-0.39, 0.29) is 0 Å². The van der Waals surface area contributed by atoms with Crippen molar-refractivity contribution in [1.82, 2.24) is 4.98 Å². The summed E-state index contributed by atoms with van der Waals surface area (Å²) in [6, 6.07) is 2.66. The Hall–Kier alpha value is -0.800. The van der Waals surface area contributed by atoms with Gasteiger partial charge in [-0.3, -0.25) is 4.98 Å². The number of methoxy groups -OCH3 is 1. The SMILES string of the molecule is COCc1nccc(N(CC(C)C)C2CCCCC2)c1Cl. The van der Waals surface area contributed by atoms with E-state index in [4.69, 9.17) is 16.3 Å². The van der Waals surface area contributed by atoms with Crippen LogP contribution in [0.15, 0.2) is 12.3 Å². The maximum absolute atomic E-state index is 6.60. The predicted octanol–water partition coefficient (Wildman–Crippen LogP) is 4.68. The van der Waals surface area contributed by atoms with Crippen molar-refractivity contribution < 1.29 is 4.74 Å². The topological polar surface area (TPSA) is 25.4 Å². The van der Waals surface area contributed by atoms with Gasteiger partial charge in [0, 0.05) is 25.9 Å². The van der Waals surface area contributed by atoms with Crippen molar-refractivity contribution in [1.29, 1.82) is 0 Å². The third-order valence-corrected chi connectivity index (χ3v) is 4.52. The van der Waals surface area contributed by atoms with Crippen molar-refractivity contribution in [2.45, 2.75) is 58.6 Å². The maximum atomic E-state index is 6.60. The molecule has 0 spiro atoms. The molecule has 1 fully saturated rings. The lowest BCUT2D eigenvalue weighted by Crippen LogP contribution is -2.39. The highest BCUT2D eigenvalue weighted by Crippen LogP contribution is 2.34. The Morgan fingerprint density at radius 1 is 1.33 bits per heavy atom. The minimum atomic E-state index is 0.465. The van der Waals surface area contributed by atoms with Gasteiger partial charge < -0.3 is 9.64 Å². The van der Waals surface area contributed by atoms with Crippen LogP contribution in [0.25, 0.3) is 0 Å². The number of halogens is 1. The molecular weight excluding hydrogens is 284 g/mol. The molecule has 0 amide bonds. The van der Waals surface area contributed by atoms with Crippen LogP contribution in [0.3, 0.4) is 0 Å². The molecule has 21 heavy (non-hydrogen) atoms. The zero-order chi connectivity index (χ0) is 15.2. The molecule has 0 bridgehead atoms. The van der Waals surface area contributed by atoms with Crippen LogP contribution in [0.5, 0.6) is 0 Å². The monoisotopic (exact) mass is 310 g/mol. The second-order valence-electron chi connectivity index (χ2n) is 6.36. The molecule has 4 heteroatoms. The molecule has 1 saturated carbocycles. The van der Waals surface area contributed by atoms with Gasteiger partial charge >= 0.3 is 0 Å². The molecule has 1 heterocycles. The standard InChI is InChI=1S/C17H27ClN2O/c1-13(2)11-20(14-7-5-4-6-8-14)16-9-10-19-15(12-21-3)17(16)18/h9-10,13-14H,4-8,11-12H2,1-3H3. The molecule has 0 N–H and O–H groups in total. The summed E-state index contributed by atoms with van der Waals surface area (Å²) >= 11 is 6.60. The van der Waals surface area contributed by atoms with E-state index in [1.54, 1.807) is 7.11 Å². The Bertz CT molecular complexity index is 444. The average Bonchev–Trinajstić information content (AvgIpc) is 2.48. The Morgan fingerprint density at radius 3 is 2.67 bits per heavy atom. The summed E-state index contributed by atoms with van der Waals surface area (Å²) in [4.78, 5) is 6.86. The first kappa shape index (κ1) is 16.6. The van der Waals surface area contributed by atoms with Crippen molar-refractivity contribution in [2.75, 3.05) is 18.6 Å². The average molecular weight is 311 g/mol. The molecule has 1 aliphatic rings. The van der Waals surface area contributed by atoms with Crippen LogP contribution >= 0.6 is 11.6 Å². The lowest BCUT2D eigenvalue weighted by Gasteiger charge is -2.38. The fourth-order valence-corrected chi connectivity index (χ4v) is 3.44. The number of anilines is 1. The first-order chi connectivity index (χ1) is 10.1. The summed E-state index contributed by atoms with van der Waals surface area (Å²) in [5.74, 6) is 0.613. The van der Waals surface area contributed by atoms with E-state index < -0.39 is 0 Å². The fraction of sp³-hybridized carbons (Fsp3) is 0.706. The van der Waals surface area contributed by atoms with Crippen LogP contribution in [0.2, 0.25) is 5.02 Å².